The second-order valence-corrected chi connectivity index (χ2v) is 10.5. The van der Waals surface area contributed by atoms with E-state index in [0.717, 1.165) is 12.5 Å². The van der Waals surface area contributed by atoms with Crippen LogP contribution in [0.25, 0.3) is 17.2 Å². The molecule has 1 saturated carbocycles. The molecule has 1 N–H and O–H groups in total. The molecule has 4 aromatic rings. The third-order valence-corrected chi connectivity index (χ3v) is 7.07. The summed E-state index contributed by atoms with van der Waals surface area (Å²) in [6.07, 6.45) is 4.35. The van der Waals surface area contributed by atoms with Crippen LogP contribution >= 0.6 is 0 Å². The molecule has 1 aliphatic carbocycles. The molecule has 1 amide bonds. The lowest BCUT2D eigenvalue weighted by atomic mass is 9.79. The molecule has 3 aromatic heterocycles. The van der Waals surface area contributed by atoms with Gasteiger partial charge in [-0.25, -0.2) is 22.2 Å². The van der Waals surface area contributed by atoms with Crippen molar-refractivity contribution < 1.29 is 22.0 Å². The van der Waals surface area contributed by atoms with E-state index in [1.807, 2.05) is 0 Å². The molecule has 1 aliphatic rings. The topological polar surface area (TPSA) is 120 Å². The molecule has 184 valence electrons. The van der Waals surface area contributed by atoms with Gasteiger partial charge in [0, 0.05) is 24.4 Å². The SMILES string of the molecule is CS(=O)(=O)c1ccc(-c2nnc([C@H]3C[C@H](NC(=O)c4ccc(F)cn4)C3)n2-c2ccccc2F)nc1. The van der Waals surface area contributed by atoms with Gasteiger partial charge < -0.3 is 5.32 Å². The Balaban J connectivity index is 1.42. The van der Waals surface area contributed by atoms with E-state index < -0.39 is 27.4 Å². The Labute approximate surface area is 205 Å². The first-order valence-corrected chi connectivity index (χ1v) is 12.9. The van der Waals surface area contributed by atoms with E-state index in [2.05, 4.69) is 25.5 Å². The molecule has 3 heterocycles. The summed E-state index contributed by atoms with van der Waals surface area (Å²) in [5.74, 6) is -0.803. The summed E-state index contributed by atoms with van der Waals surface area (Å²) in [6, 6.07) is 11.4. The van der Waals surface area contributed by atoms with Crippen LogP contribution < -0.4 is 5.32 Å². The van der Waals surface area contributed by atoms with Crippen LogP contribution in [0.2, 0.25) is 0 Å². The second-order valence-electron chi connectivity index (χ2n) is 8.52. The van der Waals surface area contributed by atoms with Gasteiger partial charge in [0.1, 0.15) is 28.8 Å². The number of aromatic nitrogens is 5. The number of benzene rings is 1. The summed E-state index contributed by atoms with van der Waals surface area (Å²) in [4.78, 5) is 20.5. The number of hydrogen-bond donors (Lipinski definition) is 1. The van der Waals surface area contributed by atoms with E-state index in [1.165, 1.54) is 36.5 Å². The first-order chi connectivity index (χ1) is 17.2. The zero-order valence-electron chi connectivity index (χ0n) is 19.0. The van der Waals surface area contributed by atoms with Crippen molar-refractivity contribution in [2.24, 2.45) is 0 Å². The van der Waals surface area contributed by atoms with Gasteiger partial charge in [0.2, 0.25) is 0 Å². The smallest absolute Gasteiger partial charge is 0.270 e. The molecule has 0 atom stereocenters. The lowest BCUT2D eigenvalue weighted by molar-refractivity contribution is 0.0902. The highest BCUT2D eigenvalue weighted by atomic mass is 32.2. The van der Waals surface area contributed by atoms with Crippen LogP contribution in [0, 0.1) is 11.6 Å². The third kappa shape index (κ3) is 4.59. The van der Waals surface area contributed by atoms with Gasteiger partial charge in [-0.15, -0.1) is 10.2 Å². The van der Waals surface area contributed by atoms with E-state index in [1.54, 1.807) is 22.8 Å². The van der Waals surface area contributed by atoms with Crippen LogP contribution in [-0.2, 0) is 9.84 Å². The van der Waals surface area contributed by atoms with Gasteiger partial charge in [0.05, 0.1) is 16.8 Å². The van der Waals surface area contributed by atoms with Crippen LogP contribution in [0.3, 0.4) is 0 Å². The Kier molecular flexibility index (Phi) is 6.04. The van der Waals surface area contributed by atoms with Crippen molar-refractivity contribution in [2.45, 2.75) is 29.7 Å². The number of halogens is 2. The zero-order valence-corrected chi connectivity index (χ0v) is 19.8. The molecule has 0 bridgehead atoms. The lowest BCUT2D eigenvalue weighted by Gasteiger charge is -2.35. The van der Waals surface area contributed by atoms with Crippen LogP contribution in [0.15, 0.2) is 65.8 Å². The van der Waals surface area contributed by atoms with E-state index in [0.29, 0.717) is 24.4 Å². The molecule has 9 nitrogen and oxygen atoms in total. The van der Waals surface area contributed by atoms with E-state index >= 15 is 0 Å². The molecule has 5 rings (SSSR count). The average Bonchev–Trinajstić information content (AvgIpc) is 3.25. The minimum Gasteiger partial charge on any atom is -0.348 e. The molecule has 36 heavy (non-hydrogen) atoms. The number of carbonyl (C=O) groups excluding carboxylic acids is 1. The summed E-state index contributed by atoms with van der Waals surface area (Å²) in [6.45, 7) is 0. The predicted molar refractivity (Wildman–Crippen MR) is 125 cm³/mol. The summed E-state index contributed by atoms with van der Waals surface area (Å²) >= 11 is 0. The first kappa shape index (κ1) is 23.7. The molecule has 0 saturated heterocycles. The number of nitrogens with one attached hydrogen (secondary N) is 1. The maximum absolute atomic E-state index is 14.8. The molecule has 0 aliphatic heterocycles. The van der Waals surface area contributed by atoms with Crippen molar-refractivity contribution in [1.29, 1.82) is 0 Å². The quantitative estimate of drug-likeness (QED) is 0.423. The number of carbonyl (C=O) groups is 1. The van der Waals surface area contributed by atoms with Crippen LogP contribution in [0.1, 0.15) is 35.1 Å². The molecule has 1 aromatic carbocycles. The van der Waals surface area contributed by atoms with Crippen molar-refractivity contribution in [2.75, 3.05) is 6.26 Å². The fraction of sp³-hybridized carbons (Fsp3) is 0.208. The summed E-state index contributed by atoms with van der Waals surface area (Å²) in [5, 5.41) is 11.4. The van der Waals surface area contributed by atoms with Crippen LogP contribution in [0.4, 0.5) is 8.78 Å². The van der Waals surface area contributed by atoms with Crippen LogP contribution in [-0.4, -0.2) is 51.4 Å². The molecular weight excluding hydrogens is 490 g/mol. The Hall–Kier alpha value is -4.06. The van der Waals surface area contributed by atoms with Gasteiger partial charge in [0.15, 0.2) is 15.7 Å². The number of rotatable bonds is 6. The predicted octanol–water partition coefficient (Wildman–Crippen LogP) is 3.08. The van der Waals surface area contributed by atoms with Crippen molar-refractivity contribution in [3.63, 3.8) is 0 Å². The minimum absolute atomic E-state index is 0.0525. The fourth-order valence-corrected chi connectivity index (χ4v) is 4.60. The fourth-order valence-electron chi connectivity index (χ4n) is 4.05. The van der Waals surface area contributed by atoms with Crippen molar-refractivity contribution in [3.8, 4) is 17.2 Å². The van der Waals surface area contributed by atoms with Gasteiger partial charge in [-0.2, -0.15) is 0 Å². The van der Waals surface area contributed by atoms with Gasteiger partial charge in [0.25, 0.3) is 5.91 Å². The van der Waals surface area contributed by atoms with E-state index in [9.17, 15) is 22.0 Å². The standard InChI is InChI=1S/C24H20F2N6O3S/c1-36(34,35)17-7-9-19(28-13-17)23-31-30-22(32(23)21-5-3-2-4-18(21)26)14-10-16(11-14)29-24(33)20-8-6-15(25)12-27-20/h2-9,12-14,16H,10-11H2,1H3,(H,29,33)/t14-,16-. The number of pyridine rings is 2. The highest BCUT2D eigenvalue weighted by molar-refractivity contribution is 7.90. The minimum atomic E-state index is -3.44. The van der Waals surface area contributed by atoms with Crippen molar-refractivity contribution in [1.82, 2.24) is 30.0 Å². The zero-order chi connectivity index (χ0) is 25.4. The molecule has 0 unspecified atom stereocenters. The van der Waals surface area contributed by atoms with Gasteiger partial charge >= 0.3 is 0 Å². The lowest BCUT2D eigenvalue weighted by Crippen LogP contribution is -2.44. The van der Waals surface area contributed by atoms with E-state index in [4.69, 9.17) is 0 Å². The Bertz CT molecular complexity index is 1530. The van der Waals surface area contributed by atoms with Gasteiger partial charge in [-0.05, 0) is 49.2 Å². The van der Waals surface area contributed by atoms with Crippen molar-refractivity contribution >= 4 is 15.7 Å². The number of hydrogen-bond acceptors (Lipinski definition) is 7. The second kappa shape index (κ2) is 9.19. The number of sulfone groups is 1. The molecule has 0 spiro atoms. The number of para-hydroxylation sites is 1. The maximum atomic E-state index is 14.8. The highest BCUT2D eigenvalue weighted by Gasteiger charge is 2.36. The maximum Gasteiger partial charge on any atom is 0.270 e. The number of amides is 1. The Morgan fingerprint density at radius 2 is 1.78 bits per heavy atom. The monoisotopic (exact) mass is 510 g/mol. The first-order valence-electron chi connectivity index (χ1n) is 11.0. The number of nitrogens with zero attached hydrogens (tertiary/aromatic N) is 5. The van der Waals surface area contributed by atoms with Gasteiger partial charge in [-0.3, -0.25) is 14.3 Å². The third-order valence-electron chi connectivity index (χ3n) is 5.97. The average molecular weight is 511 g/mol. The van der Waals surface area contributed by atoms with E-state index in [-0.39, 0.29) is 34.1 Å². The highest BCUT2D eigenvalue weighted by Crippen LogP contribution is 2.39. The molecular formula is C24H20F2N6O3S. The normalized spacial score (nSPS) is 17.4. The van der Waals surface area contributed by atoms with Gasteiger partial charge in [-0.1, -0.05) is 12.1 Å². The summed E-state index contributed by atoms with van der Waals surface area (Å²) < 4.78 is 53.1. The summed E-state index contributed by atoms with van der Waals surface area (Å²) in [7, 11) is -3.44. The Morgan fingerprint density at radius 1 is 1.00 bits per heavy atom. The molecule has 1 fully saturated rings. The molecule has 12 heteroatoms. The van der Waals surface area contributed by atoms with Crippen LogP contribution in [0.5, 0.6) is 0 Å². The molecule has 0 radical (unpaired) electrons. The largest absolute Gasteiger partial charge is 0.348 e. The van der Waals surface area contributed by atoms with Crippen molar-refractivity contribution in [3.05, 3.63) is 84.1 Å². The summed E-state index contributed by atoms with van der Waals surface area (Å²) in [5.41, 5.74) is 0.667. The Morgan fingerprint density at radius 3 is 2.42 bits per heavy atom.